The summed E-state index contributed by atoms with van der Waals surface area (Å²) in [5, 5.41) is 12.4. The Morgan fingerprint density at radius 3 is 2.78 bits per heavy atom. The molecule has 1 fully saturated rings. The molecule has 1 aliphatic rings. The van der Waals surface area contributed by atoms with Crippen molar-refractivity contribution in [3.8, 4) is 0 Å². The average molecular weight is 309 g/mol. The summed E-state index contributed by atoms with van der Waals surface area (Å²) >= 11 is 7.44. The Balaban J connectivity index is 2.12. The van der Waals surface area contributed by atoms with Crippen LogP contribution in [0.15, 0.2) is 11.4 Å². The van der Waals surface area contributed by atoms with Gasteiger partial charge in [0, 0.05) is 6.26 Å². The summed E-state index contributed by atoms with van der Waals surface area (Å²) in [6.45, 7) is 0. The van der Waals surface area contributed by atoms with Crippen LogP contribution >= 0.6 is 22.9 Å². The quantitative estimate of drug-likeness (QED) is 0.933. The number of hydrogen-bond acceptors (Lipinski definition) is 4. The van der Waals surface area contributed by atoms with Gasteiger partial charge in [-0.1, -0.05) is 18.0 Å². The summed E-state index contributed by atoms with van der Waals surface area (Å²) < 4.78 is 23.2. The van der Waals surface area contributed by atoms with Gasteiger partial charge >= 0.3 is 0 Å². The molecule has 2 rings (SSSR count). The molecule has 1 N–H and O–H groups in total. The van der Waals surface area contributed by atoms with E-state index in [-0.39, 0.29) is 11.2 Å². The molecule has 1 saturated carbocycles. The van der Waals surface area contributed by atoms with Crippen molar-refractivity contribution in [3.63, 3.8) is 0 Å². The monoisotopic (exact) mass is 308 g/mol. The number of rotatable bonds is 3. The molecule has 0 spiro atoms. The van der Waals surface area contributed by atoms with Gasteiger partial charge in [-0.25, -0.2) is 8.42 Å². The minimum atomic E-state index is -3.01. The Morgan fingerprint density at radius 1 is 1.50 bits per heavy atom. The third-order valence-corrected chi connectivity index (χ3v) is 6.70. The van der Waals surface area contributed by atoms with Crippen LogP contribution in [0.3, 0.4) is 0 Å². The molecule has 0 radical (unpaired) electrons. The molecule has 1 aromatic heterocycles. The van der Waals surface area contributed by atoms with Gasteiger partial charge in [0.1, 0.15) is 9.84 Å². The second-order valence-electron chi connectivity index (χ2n) is 4.96. The predicted octanol–water partition coefficient (Wildman–Crippen LogP) is 3.04. The van der Waals surface area contributed by atoms with Crippen LogP contribution in [0.1, 0.15) is 36.7 Å². The van der Waals surface area contributed by atoms with Crippen molar-refractivity contribution in [1.29, 1.82) is 0 Å². The van der Waals surface area contributed by atoms with Gasteiger partial charge in [-0.2, -0.15) is 0 Å². The van der Waals surface area contributed by atoms with E-state index in [1.165, 1.54) is 17.6 Å². The van der Waals surface area contributed by atoms with E-state index in [4.69, 9.17) is 11.6 Å². The normalized spacial score (nSPS) is 27.1. The number of sulfone groups is 1. The van der Waals surface area contributed by atoms with E-state index in [9.17, 15) is 13.5 Å². The molecular formula is C12H17ClO3S2. The SMILES string of the molecule is CS(=O)(=O)C1CCCC(C(O)c2sccc2Cl)C1. The van der Waals surface area contributed by atoms with Crippen LogP contribution in [-0.2, 0) is 9.84 Å². The molecule has 0 bridgehead atoms. The number of thiophene rings is 1. The summed E-state index contributed by atoms with van der Waals surface area (Å²) in [5.74, 6) is -0.00498. The van der Waals surface area contributed by atoms with Gasteiger partial charge in [0.2, 0.25) is 0 Å². The Bertz CT molecular complexity index is 509. The summed E-state index contributed by atoms with van der Waals surface area (Å²) in [6, 6.07) is 1.77. The number of aliphatic hydroxyl groups excluding tert-OH is 1. The first-order valence-corrected chi connectivity index (χ1v) is 9.20. The molecule has 1 heterocycles. The molecule has 6 heteroatoms. The maximum absolute atomic E-state index is 11.6. The van der Waals surface area contributed by atoms with Crippen LogP contribution in [0.5, 0.6) is 0 Å². The van der Waals surface area contributed by atoms with Crippen molar-refractivity contribution in [2.75, 3.05) is 6.26 Å². The molecule has 3 nitrogen and oxygen atoms in total. The summed E-state index contributed by atoms with van der Waals surface area (Å²) in [4.78, 5) is 0.760. The molecule has 3 unspecified atom stereocenters. The standard InChI is InChI=1S/C12H17ClO3S2/c1-18(15,16)9-4-2-3-8(7-9)11(14)12-10(13)5-6-17-12/h5-6,8-9,11,14H,2-4,7H2,1H3. The van der Waals surface area contributed by atoms with Gasteiger partial charge < -0.3 is 5.11 Å². The van der Waals surface area contributed by atoms with Gasteiger partial charge in [-0.05, 0) is 36.6 Å². The molecule has 1 aromatic rings. The van der Waals surface area contributed by atoms with Crippen molar-refractivity contribution in [3.05, 3.63) is 21.3 Å². The molecule has 0 aliphatic heterocycles. The maximum atomic E-state index is 11.6. The topological polar surface area (TPSA) is 54.4 Å². The van der Waals surface area contributed by atoms with Crippen molar-refractivity contribution < 1.29 is 13.5 Å². The van der Waals surface area contributed by atoms with E-state index in [0.717, 1.165) is 17.7 Å². The van der Waals surface area contributed by atoms with Gasteiger partial charge in [0.15, 0.2) is 0 Å². The second-order valence-corrected chi connectivity index (χ2v) is 8.64. The van der Waals surface area contributed by atoms with Crippen LogP contribution in [-0.4, -0.2) is 25.0 Å². The zero-order chi connectivity index (χ0) is 13.3. The molecule has 3 atom stereocenters. The number of aliphatic hydroxyl groups is 1. The highest BCUT2D eigenvalue weighted by molar-refractivity contribution is 7.91. The van der Waals surface area contributed by atoms with Gasteiger partial charge in [-0.3, -0.25) is 0 Å². The zero-order valence-electron chi connectivity index (χ0n) is 10.2. The van der Waals surface area contributed by atoms with Gasteiger partial charge in [-0.15, -0.1) is 11.3 Å². The lowest BCUT2D eigenvalue weighted by molar-refractivity contribution is 0.0888. The molecule has 102 valence electrons. The minimum absolute atomic E-state index is 0.00498. The maximum Gasteiger partial charge on any atom is 0.150 e. The third kappa shape index (κ3) is 3.07. The zero-order valence-corrected chi connectivity index (χ0v) is 12.6. The smallest absolute Gasteiger partial charge is 0.150 e. The van der Waals surface area contributed by atoms with Gasteiger partial charge in [0.25, 0.3) is 0 Å². The highest BCUT2D eigenvalue weighted by Crippen LogP contribution is 2.40. The first kappa shape index (κ1) is 14.3. The summed E-state index contributed by atoms with van der Waals surface area (Å²) in [7, 11) is -3.01. The lowest BCUT2D eigenvalue weighted by atomic mass is 9.84. The highest BCUT2D eigenvalue weighted by Gasteiger charge is 2.33. The first-order chi connectivity index (χ1) is 8.39. The van der Waals surface area contributed by atoms with Crippen molar-refractivity contribution in [2.45, 2.75) is 37.0 Å². The molecule has 18 heavy (non-hydrogen) atoms. The lowest BCUT2D eigenvalue weighted by Crippen LogP contribution is -2.30. The average Bonchev–Trinajstić information content (AvgIpc) is 2.73. The fraction of sp³-hybridized carbons (Fsp3) is 0.667. The van der Waals surface area contributed by atoms with Crippen molar-refractivity contribution in [1.82, 2.24) is 0 Å². The summed E-state index contributed by atoms with van der Waals surface area (Å²) in [5.41, 5.74) is 0. The van der Waals surface area contributed by atoms with E-state index in [1.807, 2.05) is 5.38 Å². The second kappa shape index (κ2) is 5.49. The minimum Gasteiger partial charge on any atom is -0.387 e. The van der Waals surface area contributed by atoms with E-state index in [1.54, 1.807) is 6.07 Å². The lowest BCUT2D eigenvalue weighted by Gasteiger charge is -2.31. The molecule has 1 aliphatic carbocycles. The Morgan fingerprint density at radius 2 is 2.22 bits per heavy atom. The van der Waals surface area contributed by atoms with E-state index in [2.05, 4.69) is 0 Å². The first-order valence-electron chi connectivity index (χ1n) is 5.99. The fourth-order valence-corrected chi connectivity index (χ4v) is 5.03. The van der Waals surface area contributed by atoms with Gasteiger partial charge in [0.05, 0.1) is 21.3 Å². The molecule has 0 amide bonds. The van der Waals surface area contributed by atoms with Crippen LogP contribution < -0.4 is 0 Å². The van der Waals surface area contributed by atoms with E-state index >= 15 is 0 Å². The largest absolute Gasteiger partial charge is 0.387 e. The molecule has 0 saturated heterocycles. The number of halogens is 1. The predicted molar refractivity (Wildman–Crippen MR) is 74.9 cm³/mol. The molecular weight excluding hydrogens is 292 g/mol. The van der Waals surface area contributed by atoms with Crippen LogP contribution in [0, 0.1) is 5.92 Å². The third-order valence-electron chi connectivity index (χ3n) is 3.63. The van der Waals surface area contributed by atoms with Crippen LogP contribution in [0.25, 0.3) is 0 Å². The number of hydrogen-bond donors (Lipinski definition) is 1. The van der Waals surface area contributed by atoms with Crippen LogP contribution in [0.2, 0.25) is 5.02 Å². The highest BCUT2D eigenvalue weighted by atomic mass is 35.5. The molecule has 0 aromatic carbocycles. The van der Waals surface area contributed by atoms with E-state index < -0.39 is 15.9 Å². The Labute approximate surface area is 117 Å². The Kier molecular flexibility index (Phi) is 4.36. The van der Waals surface area contributed by atoms with Crippen molar-refractivity contribution in [2.24, 2.45) is 5.92 Å². The van der Waals surface area contributed by atoms with E-state index in [0.29, 0.717) is 17.9 Å². The van der Waals surface area contributed by atoms with Crippen molar-refractivity contribution >= 4 is 32.8 Å². The Hall–Kier alpha value is -0.100. The summed E-state index contributed by atoms with van der Waals surface area (Å²) in [6.07, 6.45) is 3.60. The fourth-order valence-electron chi connectivity index (χ4n) is 2.59. The van der Waals surface area contributed by atoms with Crippen LogP contribution in [0.4, 0.5) is 0 Å².